The molecule has 1 unspecified atom stereocenters. The normalized spacial score (nSPS) is 12.5. The van der Waals surface area contributed by atoms with Crippen LogP contribution in [0.15, 0.2) is 36.4 Å². The van der Waals surface area contributed by atoms with Crippen molar-refractivity contribution in [3.63, 3.8) is 0 Å². The lowest BCUT2D eigenvalue weighted by Gasteiger charge is -2.16. The molecule has 0 fully saturated rings. The first-order valence-corrected chi connectivity index (χ1v) is 6.38. The van der Waals surface area contributed by atoms with Crippen LogP contribution >= 0.6 is 11.6 Å². The van der Waals surface area contributed by atoms with Crippen LogP contribution in [0.3, 0.4) is 0 Å². The number of aliphatic hydroxyl groups excluding tert-OH is 1. The Bertz CT molecular complexity index is 575. The minimum atomic E-state index is -0.622. The molecule has 2 aromatic carbocycles. The van der Waals surface area contributed by atoms with Gasteiger partial charge in [0, 0.05) is 5.02 Å². The van der Waals surface area contributed by atoms with E-state index in [0.717, 1.165) is 16.7 Å². The molecule has 0 spiro atoms. The predicted octanol–water partition coefficient (Wildman–Crippen LogP) is 4.35. The van der Waals surface area contributed by atoms with Crippen molar-refractivity contribution < 1.29 is 5.11 Å². The number of aryl methyl sites for hydroxylation is 3. The molecule has 2 rings (SSSR count). The molecular weight excluding hydrogens is 244 g/mol. The average molecular weight is 261 g/mol. The second kappa shape index (κ2) is 5.13. The highest BCUT2D eigenvalue weighted by molar-refractivity contribution is 6.30. The monoisotopic (exact) mass is 260 g/mol. The highest BCUT2D eigenvalue weighted by atomic mass is 35.5. The summed E-state index contributed by atoms with van der Waals surface area (Å²) in [6.07, 6.45) is -0.622. The van der Waals surface area contributed by atoms with Gasteiger partial charge in [-0.2, -0.15) is 0 Å². The molecule has 0 saturated heterocycles. The number of aliphatic hydroxyl groups is 1. The molecule has 0 heterocycles. The molecule has 0 amide bonds. The number of hydrogen-bond donors (Lipinski definition) is 1. The molecule has 0 aliphatic rings. The molecule has 1 nitrogen and oxygen atoms in total. The van der Waals surface area contributed by atoms with E-state index in [9.17, 15) is 5.11 Å². The van der Waals surface area contributed by atoms with Crippen molar-refractivity contribution in [3.05, 3.63) is 69.2 Å². The van der Waals surface area contributed by atoms with Gasteiger partial charge in [0.2, 0.25) is 0 Å². The Morgan fingerprint density at radius 1 is 0.889 bits per heavy atom. The van der Waals surface area contributed by atoms with E-state index in [2.05, 4.69) is 13.8 Å². The largest absolute Gasteiger partial charge is 0.384 e. The summed E-state index contributed by atoms with van der Waals surface area (Å²) >= 11 is 5.99. The smallest absolute Gasteiger partial charge is 0.104 e. The third-order valence-electron chi connectivity index (χ3n) is 3.38. The van der Waals surface area contributed by atoms with Crippen LogP contribution in [0.4, 0.5) is 0 Å². The van der Waals surface area contributed by atoms with Gasteiger partial charge >= 0.3 is 0 Å². The van der Waals surface area contributed by atoms with Crippen LogP contribution in [0.5, 0.6) is 0 Å². The molecule has 1 N–H and O–H groups in total. The molecule has 2 heteroatoms. The standard InChI is InChI=1S/C16H17ClO/c1-10-4-6-13(8-12(10)3)16(18)15-9-14(17)7-5-11(15)2/h4-9,16,18H,1-3H3. The zero-order valence-electron chi connectivity index (χ0n) is 10.9. The van der Waals surface area contributed by atoms with Crippen molar-refractivity contribution in [1.82, 2.24) is 0 Å². The van der Waals surface area contributed by atoms with Crippen molar-refractivity contribution in [2.75, 3.05) is 0 Å². The molecule has 0 saturated carbocycles. The molecule has 0 aromatic heterocycles. The van der Waals surface area contributed by atoms with Crippen LogP contribution in [-0.2, 0) is 0 Å². The van der Waals surface area contributed by atoms with E-state index in [0.29, 0.717) is 5.02 Å². The van der Waals surface area contributed by atoms with Gasteiger partial charge in [-0.25, -0.2) is 0 Å². The van der Waals surface area contributed by atoms with Gasteiger partial charge in [-0.15, -0.1) is 0 Å². The average Bonchev–Trinajstić information content (AvgIpc) is 2.35. The Balaban J connectivity index is 2.44. The van der Waals surface area contributed by atoms with Crippen molar-refractivity contribution in [2.45, 2.75) is 26.9 Å². The first-order valence-electron chi connectivity index (χ1n) is 6.00. The number of hydrogen-bond acceptors (Lipinski definition) is 1. The molecule has 1 atom stereocenters. The van der Waals surface area contributed by atoms with Gasteiger partial charge in [-0.1, -0.05) is 35.9 Å². The molecule has 0 aliphatic carbocycles. The van der Waals surface area contributed by atoms with Gasteiger partial charge in [0.1, 0.15) is 6.10 Å². The molecule has 94 valence electrons. The van der Waals surface area contributed by atoms with Crippen LogP contribution in [-0.4, -0.2) is 5.11 Å². The zero-order valence-corrected chi connectivity index (χ0v) is 11.6. The Kier molecular flexibility index (Phi) is 3.74. The molecule has 0 aliphatic heterocycles. The maximum absolute atomic E-state index is 10.5. The second-order valence-corrected chi connectivity index (χ2v) is 5.18. The lowest BCUT2D eigenvalue weighted by Crippen LogP contribution is -2.02. The first-order chi connectivity index (χ1) is 8.49. The first kappa shape index (κ1) is 13.1. The second-order valence-electron chi connectivity index (χ2n) is 4.75. The summed E-state index contributed by atoms with van der Waals surface area (Å²) in [5, 5.41) is 11.1. The van der Waals surface area contributed by atoms with Gasteiger partial charge in [0.15, 0.2) is 0 Å². The minimum absolute atomic E-state index is 0.622. The van der Waals surface area contributed by atoms with Gasteiger partial charge in [-0.3, -0.25) is 0 Å². The third-order valence-corrected chi connectivity index (χ3v) is 3.62. The van der Waals surface area contributed by atoms with E-state index in [4.69, 9.17) is 11.6 Å². The summed E-state index contributed by atoms with van der Waals surface area (Å²) in [6.45, 7) is 6.10. The van der Waals surface area contributed by atoms with E-state index in [-0.39, 0.29) is 0 Å². The van der Waals surface area contributed by atoms with Gasteiger partial charge < -0.3 is 5.11 Å². The van der Waals surface area contributed by atoms with E-state index >= 15 is 0 Å². The van der Waals surface area contributed by atoms with Crippen LogP contribution in [0.2, 0.25) is 5.02 Å². The quantitative estimate of drug-likeness (QED) is 0.851. The minimum Gasteiger partial charge on any atom is -0.384 e. The highest BCUT2D eigenvalue weighted by Crippen LogP contribution is 2.28. The Morgan fingerprint density at radius 2 is 1.56 bits per heavy atom. The van der Waals surface area contributed by atoms with E-state index in [1.807, 2.05) is 43.3 Å². The zero-order chi connectivity index (χ0) is 13.3. The maximum atomic E-state index is 10.5. The van der Waals surface area contributed by atoms with E-state index in [1.54, 1.807) is 0 Å². The summed E-state index contributed by atoms with van der Waals surface area (Å²) in [5.41, 5.74) is 5.24. The number of halogens is 1. The van der Waals surface area contributed by atoms with Crippen molar-refractivity contribution in [1.29, 1.82) is 0 Å². The van der Waals surface area contributed by atoms with Gasteiger partial charge in [0.25, 0.3) is 0 Å². The van der Waals surface area contributed by atoms with Crippen molar-refractivity contribution in [3.8, 4) is 0 Å². The summed E-state index contributed by atoms with van der Waals surface area (Å²) in [6, 6.07) is 11.6. The van der Waals surface area contributed by atoms with Crippen LogP contribution in [0, 0.1) is 20.8 Å². The van der Waals surface area contributed by atoms with E-state index < -0.39 is 6.10 Å². The number of rotatable bonds is 2. The number of benzene rings is 2. The molecule has 2 aromatic rings. The topological polar surface area (TPSA) is 20.2 Å². The fraction of sp³-hybridized carbons (Fsp3) is 0.250. The molecule has 0 bridgehead atoms. The molecule has 0 radical (unpaired) electrons. The molecular formula is C16H17ClO. The van der Waals surface area contributed by atoms with Crippen molar-refractivity contribution in [2.24, 2.45) is 0 Å². The Labute approximate surface area is 113 Å². The fourth-order valence-electron chi connectivity index (χ4n) is 2.02. The summed E-state index contributed by atoms with van der Waals surface area (Å²) in [4.78, 5) is 0. The van der Waals surface area contributed by atoms with Crippen LogP contribution in [0.1, 0.15) is 33.9 Å². The summed E-state index contributed by atoms with van der Waals surface area (Å²) in [7, 11) is 0. The molecule has 18 heavy (non-hydrogen) atoms. The van der Waals surface area contributed by atoms with Gasteiger partial charge in [0.05, 0.1) is 0 Å². The lowest BCUT2D eigenvalue weighted by molar-refractivity contribution is 0.219. The Hall–Kier alpha value is -1.31. The maximum Gasteiger partial charge on any atom is 0.104 e. The van der Waals surface area contributed by atoms with Gasteiger partial charge in [-0.05, 0) is 60.7 Å². The van der Waals surface area contributed by atoms with Crippen LogP contribution in [0.25, 0.3) is 0 Å². The summed E-state index contributed by atoms with van der Waals surface area (Å²) < 4.78 is 0. The SMILES string of the molecule is Cc1ccc(C(O)c2cc(Cl)ccc2C)cc1C. The van der Waals surface area contributed by atoms with E-state index in [1.165, 1.54) is 11.1 Å². The lowest BCUT2D eigenvalue weighted by atomic mass is 9.95. The Morgan fingerprint density at radius 3 is 2.22 bits per heavy atom. The fourth-order valence-corrected chi connectivity index (χ4v) is 2.20. The highest BCUT2D eigenvalue weighted by Gasteiger charge is 2.13. The van der Waals surface area contributed by atoms with Crippen molar-refractivity contribution >= 4 is 11.6 Å². The third kappa shape index (κ3) is 2.58. The summed E-state index contributed by atoms with van der Waals surface area (Å²) in [5.74, 6) is 0. The van der Waals surface area contributed by atoms with Crippen LogP contribution < -0.4 is 0 Å². The predicted molar refractivity (Wildman–Crippen MR) is 76.2 cm³/mol.